The van der Waals surface area contributed by atoms with E-state index in [4.69, 9.17) is 4.99 Å². The zero-order valence-corrected chi connectivity index (χ0v) is 22.5. The predicted molar refractivity (Wildman–Crippen MR) is 155 cm³/mol. The van der Waals surface area contributed by atoms with E-state index in [1.807, 2.05) is 19.9 Å². The van der Waals surface area contributed by atoms with E-state index in [2.05, 4.69) is 52.7 Å². The molecule has 0 bridgehead atoms. The van der Waals surface area contributed by atoms with Crippen LogP contribution in [0.1, 0.15) is 62.6 Å². The van der Waals surface area contributed by atoms with Crippen LogP contribution in [0, 0.1) is 33.7 Å². The zero-order valence-electron chi connectivity index (χ0n) is 22.5. The van der Waals surface area contributed by atoms with Gasteiger partial charge in [-0.25, -0.2) is 4.99 Å². The minimum atomic E-state index is -0.857. The molecule has 0 atom stereocenters. The number of halogens is 1. The van der Waals surface area contributed by atoms with Crippen molar-refractivity contribution in [3.05, 3.63) is 93.2 Å². The van der Waals surface area contributed by atoms with Gasteiger partial charge in [0.2, 0.25) is 5.82 Å². The molecule has 0 spiro atoms. The highest BCUT2D eigenvalue weighted by Crippen LogP contribution is 2.32. The van der Waals surface area contributed by atoms with Crippen LogP contribution >= 0.6 is 0 Å². The fraction of sp³-hybridized carbons (Fsp3) is 0.344. The summed E-state index contributed by atoms with van der Waals surface area (Å²) in [6.07, 6.45) is 11.4. The van der Waals surface area contributed by atoms with Crippen molar-refractivity contribution < 1.29 is 9.31 Å². The van der Waals surface area contributed by atoms with Gasteiger partial charge in [0.1, 0.15) is 5.82 Å². The number of hydrogen-bond acceptors (Lipinski definition) is 4. The third-order valence-corrected chi connectivity index (χ3v) is 7.67. The van der Waals surface area contributed by atoms with E-state index in [0.29, 0.717) is 35.1 Å². The Bertz CT molecular complexity index is 1580. The molecule has 2 heterocycles. The Morgan fingerprint density at radius 1 is 1.31 bits per heavy atom. The second-order valence-electron chi connectivity index (χ2n) is 10.2. The molecular formula is C32H33FN4O2. The summed E-state index contributed by atoms with van der Waals surface area (Å²) in [5.41, 5.74) is 5.49. The van der Waals surface area contributed by atoms with Gasteiger partial charge in [0, 0.05) is 46.9 Å². The van der Waals surface area contributed by atoms with E-state index in [9.17, 15) is 14.5 Å². The molecule has 2 aliphatic rings. The van der Waals surface area contributed by atoms with E-state index < -0.39 is 16.4 Å². The molecule has 1 aliphatic heterocycles. The van der Waals surface area contributed by atoms with Gasteiger partial charge in [-0.1, -0.05) is 62.5 Å². The summed E-state index contributed by atoms with van der Waals surface area (Å²) in [6, 6.07) is 8.81. The average Bonchev–Trinajstić information content (AvgIpc) is 3.58. The molecule has 1 fully saturated rings. The summed E-state index contributed by atoms with van der Waals surface area (Å²) in [5, 5.41) is 15.6. The average molecular weight is 525 g/mol. The number of aromatic nitrogens is 1. The largest absolute Gasteiger partial charge is 0.347 e. The maximum atomic E-state index is 14.3. The molecule has 39 heavy (non-hydrogen) atoms. The highest BCUT2D eigenvalue weighted by atomic mass is 19.1. The Morgan fingerprint density at radius 2 is 2.10 bits per heavy atom. The number of aliphatic imine (C=N–C) groups is 1. The highest BCUT2D eigenvalue weighted by Gasteiger charge is 2.22. The number of anilines is 1. The van der Waals surface area contributed by atoms with Crippen molar-refractivity contribution in [1.82, 2.24) is 4.57 Å². The minimum Gasteiger partial charge on any atom is -0.347 e. The molecule has 1 N–H and O–H groups in total. The summed E-state index contributed by atoms with van der Waals surface area (Å²) in [5.74, 6) is 6.73. The van der Waals surface area contributed by atoms with Crippen LogP contribution in [-0.4, -0.2) is 15.2 Å². The maximum Gasteiger partial charge on any atom is 0.306 e. The summed E-state index contributed by atoms with van der Waals surface area (Å²) in [6.45, 7) is 8.91. The number of rotatable bonds is 7. The fourth-order valence-corrected chi connectivity index (χ4v) is 5.70. The van der Waals surface area contributed by atoms with Crippen LogP contribution in [-0.2, 0) is 19.4 Å². The van der Waals surface area contributed by atoms with Gasteiger partial charge in [-0.05, 0) is 56.2 Å². The van der Waals surface area contributed by atoms with Crippen LogP contribution in [0.15, 0.2) is 65.6 Å². The molecule has 0 unspecified atom stereocenters. The lowest BCUT2D eigenvalue weighted by molar-refractivity contribution is -0.387. The van der Waals surface area contributed by atoms with Gasteiger partial charge in [0.15, 0.2) is 0 Å². The molecular weight excluding hydrogens is 491 g/mol. The molecule has 1 aliphatic carbocycles. The van der Waals surface area contributed by atoms with Crippen LogP contribution in [0.4, 0.5) is 15.8 Å². The number of allylic oxidation sites excluding steroid dienone is 2. The van der Waals surface area contributed by atoms with Gasteiger partial charge < -0.3 is 9.88 Å². The summed E-state index contributed by atoms with van der Waals surface area (Å²) in [7, 11) is 0. The van der Waals surface area contributed by atoms with Crippen molar-refractivity contribution in [2.24, 2.45) is 10.9 Å². The Balaban J connectivity index is 1.60. The zero-order chi connectivity index (χ0) is 27.5. The topological polar surface area (TPSA) is 72.5 Å². The van der Waals surface area contributed by atoms with Crippen molar-refractivity contribution in [3.8, 4) is 11.8 Å². The maximum absolute atomic E-state index is 14.3. The summed E-state index contributed by atoms with van der Waals surface area (Å²) in [4.78, 5) is 15.6. The molecule has 1 saturated carbocycles. The normalized spacial score (nSPS) is 15.8. The van der Waals surface area contributed by atoms with Crippen LogP contribution < -0.4 is 5.32 Å². The number of nitrogens with one attached hydrogen (secondary N) is 1. The predicted octanol–water partition coefficient (Wildman–Crippen LogP) is 7.71. The quantitative estimate of drug-likeness (QED) is 0.149. The lowest BCUT2D eigenvalue weighted by Gasteiger charge is -2.14. The third kappa shape index (κ3) is 5.37. The second kappa shape index (κ2) is 11.3. The first-order chi connectivity index (χ1) is 18.9. The standard InChI is InChI=1S/C32H33FN4O2/c1-4-23(16-15-22-10-6-7-11-22)31(27-20-36-17-9-13-25-12-8-14-26(27)32(25)36)35-21(3)34-29-19-30(37(38)39)28(33)18-24(29)5-2/h4,8,12,14,18-20,22,34H,3,5-7,9-11,13,17H2,1-2H3/b23-4-,35-31?. The summed E-state index contributed by atoms with van der Waals surface area (Å²) >= 11 is 0. The molecule has 3 aromatic rings. The van der Waals surface area contributed by atoms with Crippen LogP contribution in [0.5, 0.6) is 0 Å². The van der Waals surface area contributed by atoms with E-state index in [1.165, 1.54) is 36.1 Å². The number of hydrogen-bond donors (Lipinski definition) is 1. The Morgan fingerprint density at radius 3 is 2.82 bits per heavy atom. The molecule has 200 valence electrons. The third-order valence-electron chi connectivity index (χ3n) is 7.67. The molecule has 5 rings (SSSR count). The monoisotopic (exact) mass is 524 g/mol. The van der Waals surface area contributed by atoms with E-state index in [-0.39, 0.29) is 0 Å². The summed E-state index contributed by atoms with van der Waals surface area (Å²) < 4.78 is 16.6. The Hall–Kier alpha value is -4.18. The van der Waals surface area contributed by atoms with Gasteiger partial charge in [-0.15, -0.1) is 0 Å². The molecule has 0 radical (unpaired) electrons. The first kappa shape index (κ1) is 26.4. The lowest BCUT2D eigenvalue weighted by atomic mass is 9.98. The Labute approximate surface area is 228 Å². The van der Waals surface area contributed by atoms with E-state index in [0.717, 1.165) is 48.8 Å². The number of aryl methyl sites for hydroxylation is 3. The molecule has 7 heteroatoms. The van der Waals surface area contributed by atoms with Crippen molar-refractivity contribution in [2.45, 2.75) is 65.3 Å². The Kier molecular flexibility index (Phi) is 7.65. The molecule has 1 aromatic heterocycles. The SMILES string of the molecule is C=C(N=C(/C(C#CC1CCCC1)=C\C)c1cn2c3c(cccc13)CCC2)Nc1cc([N+](=O)[O-])c(F)cc1CC. The second-order valence-corrected chi connectivity index (χ2v) is 10.2. The number of nitro benzene ring substituents is 1. The first-order valence-corrected chi connectivity index (χ1v) is 13.7. The number of benzene rings is 2. The van der Waals surface area contributed by atoms with E-state index in [1.54, 1.807) is 0 Å². The molecule has 2 aromatic carbocycles. The van der Waals surface area contributed by atoms with Crippen LogP contribution in [0.25, 0.3) is 10.9 Å². The van der Waals surface area contributed by atoms with Gasteiger partial charge in [-0.2, -0.15) is 4.39 Å². The van der Waals surface area contributed by atoms with Gasteiger partial charge in [0.05, 0.1) is 16.2 Å². The molecule has 0 amide bonds. The smallest absolute Gasteiger partial charge is 0.306 e. The van der Waals surface area contributed by atoms with Crippen LogP contribution in [0.3, 0.4) is 0 Å². The number of para-hydroxylation sites is 1. The van der Waals surface area contributed by atoms with Gasteiger partial charge in [-0.3, -0.25) is 10.1 Å². The van der Waals surface area contributed by atoms with Crippen molar-refractivity contribution >= 4 is 28.0 Å². The van der Waals surface area contributed by atoms with Crippen LogP contribution in [0.2, 0.25) is 0 Å². The first-order valence-electron chi connectivity index (χ1n) is 13.7. The fourth-order valence-electron chi connectivity index (χ4n) is 5.70. The van der Waals surface area contributed by atoms with Crippen molar-refractivity contribution in [2.75, 3.05) is 5.32 Å². The van der Waals surface area contributed by atoms with Gasteiger partial charge in [0.25, 0.3) is 0 Å². The van der Waals surface area contributed by atoms with Crippen molar-refractivity contribution in [3.63, 3.8) is 0 Å². The lowest BCUT2D eigenvalue weighted by Crippen LogP contribution is -2.09. The van der Waals surface area contributed by atoms with Gasteiger partial charge >= 0.3 is 5.69 Å². The number of nitro groups is 1. The number of nitrogens with zero attached hydrogens (tertiary/aromatic N) is 3. The van der Waals surface area contributed by atoms with E-state index >= 15 is 0 Å². The highest BCUT2D eigenvalue weighted by molar-refractivity contribution is 6.22. The molecule has 0 saturated heterocycles. The minimum absolute atomic E-state index is 0.301. The van der Waals surface area contributed by atoms with Crippen molar-refractivity contribution in [1.29, 1.82) is 0 Å². The molecule has 6 nitrogen and oxygen atoms in total.